The summed E-state index contributed by atoms with van der Waals surface area (Å²) < 4.78 is 25.0. The minimum Gasteiger partial charge on any atom is -0.349 e. The van der Waals surface area contributed by atoms with E-state index in [9.17, 15) is 13.2 Å². The van der Waals surface area contributed by atoms with Crippen LogP contribution in [-0.4, -0.2) is 32.2 Å². The first-order chi connectivity index (χ1) is 11.2. The van der Waals surface area contributed by atoms with Gasteiger partial charge in [-0.1, -0.05) is 19.9 Å². The third-order valence-corrected chi connectivity index (χ3v) is 6.86. The van der Waals surface area contributed by atoms with E-state index >= 15 is 0 Å². The number of fused-ring (bicyclic) bond motifs is 1. The molecule has 0 radical (unpaired) electrons. The van der Waals surface area contributed by atoms with E-state index in [1.54, 1.807) is 12.1 Å². The predicted molar refractivity (Wildman–Crippen MR) is 95.6 cm³/mol. The first kappa shape index (κ1) is 18.9. The van der Waals surface area contributed by atoms with Crippen molar-refractivity contribution in [2.75, 3.05) is 12.3 Å². The average molecular weight is 353 g/mol. The second kappa shape index (κ2) is 7.23. The molecule has 1 amide bonds. The maximum Gasteiger partial charge on any atom is 0.221 e. The van der Waals surface area contributed by atoms with Crippen molar-refractivity contribution in [1.82, 2.24) is 5.32 Å². The number of amides is 1. The molecule has 0 aliphatic heterocycles. The Balaban J connectivity index is 2.01. The highest BCUT2D eigenvalue weighted by Crippen LogP contribution is 2.25. The molecule has 1 atom stereocenters. The van der Waals surface area contributed by atoms with Crippen LogP contribution in [0.25, 0.3) is 0 Å². The number of rotatable bonds is 7. The van der Waals surface area contributed by atoms with Crippen LogP contribution in [0.15, 0.2) is 23.1 Å². The van der Waals surface area contributed by atoms with E-state index in [4.69, 9.17) is 5.73 Å². The summed E-state index contributed by atoms with van der Waals surface area (Å²) in [7, 11) is -3.45. The molecule has 0 fully saturated rings. The molecule has 0 aromatic heterocycles. The second-order valence-electron chi connectivity index (χ2n) is 7.18. The Labute approximate surface area is 144 Å². The fourth-order valence-corrected chi connectivity index (χ4v) is 4.19. The first-order valence-corrected chi connectivity index (χ1v) is 10.2. The highest BCUT2D eigenvalue weighted by molar-refractivity contribution is 7.91. The summed E-state index contributed by atoms with van der Waals surface area (Å²) in [6, 6.07) is 5.34. The van der Waals surface area contributed by atoms with Crippen LogP contribution in [0.5, 0.6) is 0 Å². The van der Waals surface area contributed by atoms with Crippen molar-refractivity contribution in [2.24, 2.45) is 11.7 Å². The van der Waals surface area contributed by atoms with Crippen molar-refractivity contribution in [3.05, 3.63) is 29.3 Å². The van der Waals surface area contributed by atoms with Gasteiger partial charge in [-0.3, -0.25) is 4.79 Å². The van der Waals surface area contributed by atoms with Gasteiger partial charge in [0.25, 0.3) is 0 Å². The Morgan fingerprint density at radius 3 is 2.58 bits per heavy atom. The van der Waals surface area contributed by atoms with Crippen molar-refractivity contribution >= 4 is 15.7 Å². The topological polar surface area (TPSA) is 89.3 Å². The van der Waals surface area contributed by atoms with Gasteiger partial charge in [0.15, 0.2) is 9.84 Å². The van der Waals surface area contributed by atoms with E-state index in [2.05, 4.69) is 5.32 Å². The lowest BCUT2D eigenvalue weighted by Crippen LogP contribution is -2.55. The predicted octanol–water partition coefficient (Wildman–Crippen LogP) is 1.83. The van der Waals surface area contributed by atoms with Crippen LogP contribution in [0.1, 0.15) is 44.7 Å². The molecule has 0 saturated heterocycles. The molecule has 134 valence electrons. The largest absolute Gasteiger partial charge is 0.349 e. The van der Waals surface area contributed by atoms with Gasteiger partial charge < -0.3 is 11.1 Å². The molecule has 0 bridgehead atoms. The molecule has 0 heterocycles. The van der Waals surface area contributed by atoms with Gasteiger partial charge in [-0.2, -0.15) is 0 Å². The average Bonchev–Trinajstić information content (AvgIpc) is 3.00. The van der Waals surface area contributed by atoms with Gasteiger partial charge in [0, 0.05) is 13.0 Å². The number of nitrogens with one attached hydrogen (secondary N) is 1. The fraction of sp³-hybridized carbons (Fsp3) is 0.611. The Morgan fingerprint density at radius 1 is 1.29 bits per heavy atom. The van der Waals surface area contributed by atoms with Crippen LogP contribution in [0.2, 0.25) is 0 Å². The molecule has 0 spiro atoms. The minimum atomic E-state index is -3.45. The SMILES string of the molecule is CC(C)C(C)(CN)NC(=O)CCS(=O)(=O)c1ccc2c(c1)CCC2. The molecule has 0 saturated carbocycles. The van der Waals surface area contributed by atoms with E-state index in [0.29, 0.717) is 11.4 Å². The van der Waals surface area contributed by atoms with Gasteiger partial charge in [-0.25, -0.2) is 8.42 Å². The number of hydrogen-bond acceptors (Lipinski definition) is 4. The Morgan fingerprint density at radius 2 is 1.96 bits per heavy atom. The van der Waals surface area contributed by atoms with Gasteiger partial charge in [-0.15, -0.1) is 0 Å². The number of sulfone groups is 1. The number of nitrogens with two attached hydrogens (primary N) is 1. The van der Waals surface area contributed by atoms with E-state index in [-0.39, 0.29) is 24.0 Å². The van der Waals surface area contributed by atoms with Crippen molar-refractivity contribution in [3.8, 4) is 0 Å². The molecule has 6 heteroatoms. The van der Waals surface area contributed by atoms with Crippen LogP contribution < -0.4 is 11.1 Å². The Hall–Kier alpha value is -1.40. The second-order valence-corrected chi connectivity index (χ2v) is 9.29. The standard InChI is InChI=1S/C18H28N2O3S/c1-13(2)18(3,12-19)20-17(21)9-10-24(22,23)16-8-7-14-5-4-6-15(14)11-16/h7-8,11,13H,4-6,9-10,12,19H2,1-3H3,(H,20,21). The molecular weight excluding hydrogens is 324 g/mol. The number of carbonyl (C=O) groups excluding carboxylic acids is 1. The van der Waals surface area contributed by atoms with Gasteiger partial charge in [0.05, 0.1) is 16.2 Å². The maximum absolute atomic E-state index is 12.5. The molecule has 1 aromatic carbocycles. The summed E-state index contributed by atoms with van der Waals surface area (Å²) in [5.41, 5.74) is 7.59. The number of carbonyl (C=O) groups is 1. The quantitative estimate of drug-likeness (QED) is 0.783. The molecule has 3 N–H and O–H groups in total. The molecule has 24 heavy (non-hydrogen) atoms. The lowest BCUT2D eigenvalue weighted by Gasteiger charge is -2.33. The third kappa shape index (κ3) is 4.16. The Kier molecular flexibility index (Phi) is 5.71. The van der Waals surface area contributed by atoms with Crippen molar-refractivity contribution in [3.63, 3.8) is 0 Å². The highest BCUT2D eigenvalue weighted by Gasteiger charge is 2.29. The lowest BCUT2D eigenvalue weighted by molar-refractivity contribution is -0.122. The molecule has 1 aliphatic carbocycles. The number of benzene rings is 1. The highest BCUT2D eigenvalue weighted by atomic mass is 32.2. The summed E-state index contributed by atoms with van der Waals surface area (Å²) in [5.74, 6) is -0.294. The van der Waals surface area contributed by atoms with Crippen molar-refractivity contribution in [2.45, 2.75) is 56.9 Å². The zero-order valence-corrected chi connectivity index (χ0v) is 15.6. The zero-order chi connectivity index (χ0) is 18.0. The zero-order valence-electron chi connectivity index (χ0n) is 14.8. The summed E-state index contributed by atoms with van der Waals surface area (Å²) in [4.78, 5) is 12.5. The first-order valence-electron chi connectivity index (χ1n) is 8.53. The summed E-state index contributed by atoms with van der Waals surface area (Å²) >= 11 is 0. The fourth-order valence-electron chi connectivity index (χ4n) is 2.90. The van der Waals surface area contributed by atoms with Crippen LogP contribution in [0.3, 0.4) is 0 Å². The number of hydrogen-bond donors (Lipinski definition) is 2. The summed E-state index contributed by atoms with van der Waals surface area (Å²) in [6.45, 7) is 6.15. The molecule has 2 rings (SSSR count). The van der Waals surface area contributed by atoms with Crippen molar-refractivity contribution < 1.29 is 13.2 Å². The number of aryl methyl sites for hydroxylation is 2. The van der Waals surface area contributed by atoms with Crippen LogP contribution in [0, 0.1) is 5.92 Å². The van der Waals surface area contributed by atoms with Gasteiger partial charge in [0.1, 0.15) is 0 Å². The van der Waals surface area contributed by atoms with Crippen LogP contribution in [0.4, 0.5) is 0 Å². The van der Waals surface area contributed by atoms with E-state index in [1.165, 1.54) is 5.56 Å². The minimum absolute atomic E-state index is 0.0538. The van der Waals surface area contributed by atoms with Crippen LogP contribution in [-0.2, 0) is 27.5 Å². The van der Waals surface area contributed by atoms with E-state index in [0.717, 1.165) is 24.8 Å². The molecule has 1 unspecified atom stereocenters. The summed E-state index contributed by atoms with van der Waals surface area (Å²) in [6.07, 6.45) is 2.98. The van der Waals surface area contributed by atoms with Gasteiger partial charge in [0.2, 0.25) is 5.91 Å². The third-order valence-electron chi connectivity index (χ3n) is 5.15. The van der Waals surface area contributed by atoms with Gasteiger partial charge >= 0.3 is 0 Å². The van der Waals surface area contributed by atoms with Gasteiger partial charge in [-0.05, 0) is 55.4 Å². The monoisotopic (exact) mass is 352 g/mol. The Bertz CT molecular complexity index is 713. The van der Waals surface area contributed by atoms with Crippen molar-refractivity contribution in [1.29, 1.82) is 0 Å². The van der Waals surface area contributed by atoms with Crippen LogP contribution >= 0.6 is 0 Å². The molecule has 1 aliphatic rings. The molecular formula is C18H28N2O3S. The van der Waals surface area contributed by atoms with E-state index < -0.39 is 15.4 Å². The molecule has 5 nitrogen and oxygen atoms in total. The lowest BCUT2D eigenvalue weighted by atomic mass is 9.88. The van der Waals surface area contributed by atoms with E-state index in [1.807, 2.05) is 26.8 Å². The molecule has 1 aromatic rings. The summed E-state index contributed by atoms with van der Waals surface area (Å²) in [5, 5.41) is 2.88. The maximum atomic E-state index is 12.5. The smallest absolute Gasteiger partial charge is 0.221 e. The normalized spacial score (nSPS) is 16.7.